The summed E-state index contributed by atoms with van der Waals surface area (Å²) in [5.41, 5.74) is 3.89. The average Bonchev–Trinajstić information content (AvgIpc) is 3.66. The Bertz CT molecular complexity index is 1770. The number of aromatic nitrogens is 1. The van der Waals surface area contributed by atoms with Gasteiger partial charge in [-0.1, -0.05) is 12.1 Å². The van der Waals surface area contributed by atoms with E-state index in [2.05, 4.69) is 15.6 Å². The Morgan fingerprint density at radius 3 is 2.40 bits per heavy atom. The first-order chi connectivity index (χ1) is 19.3. The maximum absolute atomic E-state index is 13.6. The number of hydrogen-bond acceptors (Lipinski definition) is 5. The third-order valence-electron chi connectivity index (χ3n) is 7.46. The lowest BCUT2D eigenvalue weighted by atomic mass is 9.94. The summed E-state index contributed by atoms with van der Waals surface area (Å²) in [7, 11) is 1.53. The number of amides is 2. The van der Waals surface area contributed by atoms with Crippen LogP contribution in [0.1, 0.15) is 44.8 Å². The molecule has 6 rings (SSSR count). The topological polar surface area (TPSA) is 104 Å². The number of rotatable bonds is 6. The van der Waals surface area contributed by atoms with Crippen LogP contribution < -0.4 is 10.6 Å². The molecule has 2 aromatic heterocycles. The van der Waals surface area contributed by atoms with Crippen molar-refractivity contribution in [3.63, 3.8) is 0 Å². The molecule has 0 spiro atoms. The number of carbonyl (C=O) groups excluding carboxylic acids is 2. The average molecular weight is 536 g/mol. The molecular formula is C32H26FN3O4. The highest BCUT2D eigenvalue weighted by molar-refractivity contribution is 6.12. The summed E-state index contributed by atoms with van der Waals surface area (Å²) in [5, 5.41) is 17.1. The van der Waals surface area contributed by atoms with Crippen LogP contribution >= 0.6 is 0 Å². The number of pyridine rings is 1. The van der Waals surface area contributed by atoms with E-state index in [9.17, 15) is 19.1 Å². The molecule has 7 nitrogen and oxygen atoms in total. The molecule has 0 unspecified atom stereocenters. The normalized spacial score (nSPS) is 13.7. The van der Waals surface area contributed by atoms with E-state index in [1.54, 1.807) is 43.5 Å². The second kappa shape index (κ2) is 9.64. The minimum atomic E-state index is -0.506. The lowest BCUT2D eigenvalue weighted by Gasteiger charge is -2.18. The lowest BCUT2D eigenvalue weighted by molar-refractivity contribution is 0.0927. The molecule has 0 atom stereocenters. The van der Waals surface area contributed by atoms with E-state index in [0.29, 0.717) is 50.1 Å². The Morgan fingerprint density at radius 2 is 1.73 bits per heavy atom. The largest absolute Gasteiger partial charge is 0.508 e. The zero-order valence-corrected chi connectivity index (χ0v) is 21.9. The van der Waals surface area contributed by atoms with Gasteiger partial charge in [0.25, 0.3) is 11.8 Å². The molecule has 40 heavy (non-hydrogen) atoms. The summed E-state index contributed by atoms with van der Waals surface area (Å²) in [4.78, 5) is 30.7. The van der Waals surface area contributed by atoms with E-state index in [1.807, 2.05) is 24.3 Å². The van der Waals surface area contributed by atoms with E-state index in [-0.39, 0.29) is 17.6 Å². The van der Waals surface area contributed by atoms with Gasteiger partial charge in [-0.2, -0.15) is 0 Å². The van der Waals surface area contributed by atoms with E-state index < -0.39 is 11.4 Å². The quantitative estimate of drug-likeness (QED) is 0.244. The molecule has 2 amide bonds. The first-order valence-corrected chi connectivity index (χ1v) is 12.9. The standard InChI is InChI=1S/C32H26FN3O4/c1-18-23(16-21(17-25(18)37)30(38)36-32(12-13-32)27-5-3-4-14-35-27)20-8-11-26-24(15-20)28(31(39)34-2)29(40-26)19-6-9-22(33)10-7-19/h3-11,14-17,37H,12-13H2,1-2H3,(H,34,39)(H,36,38). The second-order valence-corrected chi connectivity index (χ2v) is 10.0. The van der Waals surface area contributed by atoms with Gasteiger partial charge in [0.1, 0.15) is 22.9 Å². The van der Waals surface area contributed by atoms with Crippen molar-refractivity contribution in [1.82, 2.24) is 15.6 Å². The van der Waals surface area contributed by atoms with Gasteiger partial charge in [-0.3, -0.25) is 14.6 Å². The van der Waals surface area contributed by atoms with Crippen LogP contribution in [0, 0.1) is 12.7 Å². The molecule has 5 aromatic rings. The number of furan rings is 1. The van der Waals surface area contributed by atoms with E-state index >= 15 is 0 Å². The van der Waals surface area contributed by atoms with Gasteiger partial charge in [0.05, 0.1) is 16.8 Å². The number of aromatic hydroxyl groups is 1. The first kappa shape index (κ1) is 25.3. The van der Waals surface area contributed by atoms with Gasteiger partial charge in [0.2, 0.25) is 0 Å². The van der Waals surface area contributed by atoms with Crippen molar-refractivity contribution < 1.29 is 23.5 Å². The maximum Gasteiger partial charge on any atom is 0.255 e. The van der Waals surface area contributed by atoms with Gasteiger partial charge >= 0.3 is 0 Å². The molecule has 0 bridgehead atoms. The third kappa shape index (κ3) is 4.37. The van der Waals surface area contributed by atoms with Crippen molar-refractivity contribution >= 4 is 22.8 Å². The van der Waals surface area contributed by atoms with E-state index in [0.717, 1.165) is 18.5 Å². The van der Waals surface area contributed by atoms with Gasteiger partial charge in [0.15, 0.2) is 0 Å². The molecular weight excluding hydrogens is 509 g/mol. The summed E-state index contributed by atoms with van der Waals surface area (Å²) in [6.07, 6.45) is 3.28. The Hall–Kier alpha value is -4.98. The molecule has 0 aliphatic heterocycles. The zero-order valence-electron chi connectivity index (χ0n) is 21.9. The minimum absolute atomic E-state index is 0.0175. The summed E-state index contributed by atoms with van der Waals surface area (Å²) in [6.45, 7) is 1.77. The highest BCUT2D eigenvalue weighted by Gasteiger charge is 2.47. The molecule has 0 radical (unpaired) electrons. The number of carbonyl (C=O) groups is 2. The Labute approximate surface area is 229 Å². The molecule has 0 saturated heterocycles. The van der Waals surface area contributed by atoms with E-state index in [4.69, 9.17) is 4.42 Å². The number of nitrogens with one attached hydrogen (secondary N) is 2. The van der Waals surface area contributed by atoms with E-state index in [1.165, 1.54) is 25.2 Å². The summed E-state index contributed by atoms with van der Waals surface area (Å²) >= 11 is 0. The number of benzene rings is 3. The predicted molar refractivity (Wildman–Crippen MR) is 149 cm³/mol. The fourth-order valence-corrected chi connectivity index (χ4v) is 5.06. The van der Waals surface area contributed by atoms with Crippen LogP contribution in [0.5, 0.6) is 5.75 Å². The Morgan fingerprint density at radius 1 is 0.975 bits per heavy atom. The van der Waals surface area contributed by atoms with Gasteiger partial charge in [-0.25, -0.2) is 4.39 Å². The number of phenols is 1. The monoisotopic (exact) mass is 535 g/mol. The number of halogens is 1. The smallest absolute Gasteiger partial charge is 0.255 e. The van der Waals surface area contributed by atoms with Crippen molar-refractivity contribution in [2.24, 2.45) is 0 Å². The van der Waals surface area contributed by atoms with Crippen molar-refractivity contribution in [2.45, 2.75) is 25.3 Å². The van der Waals surface area contributed by atoms with Crippen LogP contribution in [0.15, 0.2) is 83.4 Å². The lowest BCUT2D eigenvalue weighted by Crippen LogP contribution is -2.35. The van der Waals surface area contributed by atoms with Crippen molar-refractivity contribution in [3.05, 3.63) is 107 Å². The van der Waals surface area contributed by atoms with Gasteiger partial charge < -0.3 is 20.2 Å². The first-order valence-electron chi connectivity index (χ1n) is 12.9. The SMILES string of the molecule is CNC(=O)c1c(-c2ccc(F)cc2)oc2ccc(-c3cc(C(=O)NC4(c5ccccn5)CC4)cc(O)c3C)cc12. The summed E-state index contributed by atoms with van der Waals surface area (Å²) in [5.74, 6) is -0.754. The zero-order chi connectivity index (χ0) is 28.0. The summed E-state index contributed by atoms with van der Waals surface area (Å²) < 4.78 is 19.6. The fraction of sp³-hybridized carbons (Fsp3) is 0.156. The van der Waals surface area contributed by atoms with Gasteiger partial charge in [-0.15, -0.1) is 0 Å². The third-order valence-corrected chi connectivity index (χ3v) is 7.46. The fourth-order valence-electron chi connectivity index (χ4n) is 5.06. The number of hydrogen-bond donors (Lipinski definition) is 3. The molecule has 1 aliphatic carbocycles. The molecule has 200 valence electrons. The Balaban J connectivity index is 1.42. The number of phenolic OH excluding ortho intramolecular Hbond substituents is 1. The molecule has 1 fully saturated rings. The van der Waals surface area contributed by atoms with Gasteiger partial charge in [0, 0.05) is 29.8 Å². The molecule has 2 heterocycles. The van der Waals surface area contributed by atoms with Crippen LogP contribution in [0.2, 0.25) is 0 Å². The molecule has 1 saturated carbocycles. The van der Waals surface area contributed by atoms with Gasteiger partial charge in [-0.05, 0) is 97.1 Å². The molecule has 1 aliphatic rings. The second-order valence-electron chi connectivity index (χ2n) is 10.0. The molecule has 3 N–H and O–H groups in total. The maximum atomic E-state index is 13.6. The minimum Gasteiger partial charge on any atom is -0.508 e. The number of fused-ring (bicyclic) bond motifs is 1. The Kier molecular flexibility index (Phi) is 6.10. The summed E-state index contributed by atoms with van der Waals surface area (Å²) in [6, 6.07) is 19.9. The number of nitrogens with zero attached hydrogens (tertiary/aromatic N) is 1. The molecule has 3 aromatic carbocycles. The van der Waals surface area contributed by atoms with Crippen LogP contribution in [0.3, 0.4) is 0 Å². The van der Waals surface area contributed by atoms with Crippen LogP contribution in [0.4, 0.5) is 4.39 Å². The highest BCUT2D eigenvalue weighted by atomic mass is 19.1. The van der Waals surface area contributed by atoms with Crippen molar-refractivity contribution in [3.8, 4) is 28.2 Å². The van der Waals surface area contributed by atoms with Crippen molar-refractivity contribution in [2.75, 3.05) is 7.05 Å². The van der Waals surface area contributed by atoms with Crippen LogP contribution in [0.25, 0.3) is 33.4 Å². The highest BCUT2D eigenvalue weighted by Crippen LogP contribution is 2.45. The predicted octanol–water partition coefficient (Wildman–Crippen LogP) is 6.09. The van der Waals surface area contributed by atoms with Crippen LogP contribution in [-0.4, -0.2) is 29.0 Å². The molecule has 8 heteroatoms. The van der Waals surface area contributed by atoms with Crippen LogP contribution in [-0.2, 0) is 5.54 Å². The van der Waals surface area contributed by atoms with Crippen molar-refractivity contribution in [1.29, 1.82) is 0 Å².